The van der Waals surface area contributed by atoms with E-state index >= 15 is 0 Å². The van der Waals surface area contributed by atoms with Gasteiger partial charge in [0.25, 0.3) is 0 Å². The lowest BCUT2D eigenvalue weighted by Gasteiger charge is -2.50. The third-order valence-corrected chi connectivity index (χ3v) is 3.38. The molecule has 0 spiro atoms. The number of fused-ring (bicyclic) bond motifs is 3. The molecule has 1 nitrogen and oxygen atoms in total. The molecule has 3 aliphatic rings. The summed E-state index contributed by atoms with van der Waals surface area (Å²) >= 11 is 0. The molecule has 0 aromatic carbocycles. The van der Waals surface area contributed by atoms with E-state index in [1.165, 1.54) is 25.7 Å². The summed E-state index contributed by atoms with van der Waals surface area (Å²) in [5.74, 6) is 0. The van der Waals surface area contributed by atoms with E-state index < -0.39 is 0 Å². The molecular formula is C10H16O. The van der Waals surface area contributed by atoms with Gasteiger partial charge in [-0.2, -0.15) is 0 Å². The molecular weight excluding hydrogens is 136 g/mol. The van der Waals surface area contributed by atoms with Gasteiger partial charge in [-0.25, -0.2) is 0 Å². The molecule has 1 saturated carbocycles. The maximum Gasteiger partial charge on any atom is 0.0860 e. The van der Waals surface area contributed by atoms with E-state index in [1.54, 1.807) is 0 Å². The first-order chi connectivity index (χ1) is 5.18. The summed E-state index contributed by atoms with van der Waals surface area (Å²) in [6.45, 7) is 7.13. The van der Waals surface area contributed by atoms with Crippen molar-refractivity contribution in [2.75, 3.05) is 6.61 Å². The topological polar surface area (TPSA) is 9.23 Å². The maximum atomic E-state index is 5.80. The zero-order valence-electron chi connectivity index (χ0n) is 7.23. The Morgan fingerprint density at radius 3 is 2.27 bits per heavy atom. The second kappa shape index (κ2) is 2.10. The summed E-state index contributed by atoms with van der Waals surface area (Å²) in [4.78, 5) is 0. The third-order valence-electron chi connectivity index (χ3n) is 3.38. The first-order valence-corrected chi connectivity index (χ1v) is 4.46. The van der Waals surface area contributed by atoms with Gasteiger partial charge in [0.1, 0.15) is 0 Å². The highest BCUT2D eigenvalue weighted by Crippen LogP contribution is 2.48. The van der Waals surface area contributed by atoms with Gasteiger partial charge in [0.15, 0.2) is 0 Å². The molecule has 62 valence electrons. The average molecular weight is 152 g/mol. The van der Waals surface area contributed by atoms with Crippen LogP contribution in [0.4, 0.5) is 0 Å². The molecule has 2 aliphatic heterocycles. The van der Waals surface area contributed by atoms with Crippen LogP contribution in [0.25, 0.3) is 0 Å². The fourth-order valence-electron chi connectivity index (χ4n) is 2.15. The first kappa shape index (κ1) is 7.35. The van der Waals surface area contributed by atoms with E-state index in [2.05, 4.69) is 13.5 Å². The summed E-state index contributed by atoms with van der Waals surface area (Å²) in [6, 6.07) is 0. The Balaban J connectivity index is 2.18. The van der Waals surface area contributed by atoms with Crippen molar-refractivity contribution in [2.24, 2.45) is 5.41 Å². The van der Waals surface area contributed by atoms with Gasteiger partial charge in [-0.3, -0.25) is 0 Å². The maximum absolute atomic E-state index is 5.80. The van der Waals surface area contributed by atoms with E-state index in [0.29, 0.717) is 5.41 Å². The molecule has 1 aliphatic carbocycles. The Bertz CT molecular complexity index is 159. The predicted octanol–water partition coefficient (Wildman–Crippen LogP) is 2.52. The van der Waals surface area contributed by atoms with Crippen LogP contribution in [0.2, 0.25) is 0 Å². The second-order valence-electron chi connectivity index (χ2n) is 4.37. The quantitative estimate of drug-likeness (QED) is 0.525. The van der Waals surface area contributed by atoms with Crippen molar-refractivity contribution >= 4 is 0 Å². The zero-order chi connectivity index (χ0) is 7.95. The molecule has 0 amide bonds. The summed E-state index contributed by atoms with van der Waals surface area (Å²) in [5, 5.41) is 0. The van der Waals surface area contributed by atoms with Gasteiger partial charge in [0.05, 0.1) is 12.2 Å². The molecule has 1 heteroatoms. The molecule has 0 unspecified atom stereocenters. The molecule has 3 rings (SSSR count). The standard InChI is InChI=1S/C10H16O/c1-3-10-6-4-9(2,5-7-10)8-11-10/h3H,1,4-8H2,2H3. The number of hydrogen-bond donors (Lipinski definition) is 0. The molecule has 2 bridgehead atoms. The molecule has 0 N–H and O–H groups in total. The number of ether oxygens (including phenoxy) is 1. The smallest absolute Gasteiger partial charge is 0.0860 e. The van der Waals surface area contributed by atoms with Gasteiger partial charge in [0.2, 0.25) is 0 Å². The van der Waals surface area contributed by atoms with Gasteiger partial charge in [-0.1, -0.05) is 13.0 Å². The SMILES string of the molecule is C=CC12CCC(C)(CC1)CO2. The summed E-state index contributed by atoms with van der Waals surface area (Å²) in [6.07, 6.45) is 7.02. The van der Waals surface area contributed by atoms with Crippen LogP contribution in [0, 0.1) is 5.41 Å². The van der Waals surface area contributed by atoms with E-state index in [4.69, 9.17) is 4.74 Å². The van der Waals surface area contributed by atoms with E-state index in [0.717, 1.165) is 6.61 Å². The van der Waals surface area contributed by atoms with Crippen LogP contribution in [-0.4, -0.2) is 12.2 Å². The molecule has 0 aromatic heterocycles. The van der Waals surface area contributed by atoms with Crippen molar-refractivity contribution < 1.29 is 4.74 Å². The monoisotopic (exact) mass is 152 g/mol. The van der Waals surface area contributed by atoms with Crippen molar-refractivity contribution in [3.05, 3.63) is 12.7 Å². The molecule has 0 radical (unpaired) electrons. The Labute approximate surface area is 68.4 Å². The fraction of sp³-hybridized carbons (Fsp3) is 0.800. The number of hydrogen-bond acceptors (Lipinski definition) is 1. The Hall–Kier alpha value is -0.300. The van der Waals surface area contributed by atoms with Crippen LogP contribution < -0.4 is 0 Å². The minimum absolute atomic E-state index is 0.0672. The van der Waals surface area contributed by atoms with Gasteiger partial charge < -0.3 is 4.74 Å². The first-order valence-electron chi connectivity index (χ1n) is 4.46. The van der Waals surface area contributed by atoms with Gasteiger partial charge in [0, 0.05) is 0 Å². The summed E-state index contributed by atoms with van der Waals surface area (Å²) < 4.78 is 5.80. The predicted molar refractivity (Wildman–Crippen MR) is 45.5 cm³/mol. The Morgan fingerprint density at radius 2 is 1.91 bits per heavy atom. The largest absolute Gasteiger partial charge is 0.370 e. The van der Waals surface area contributed by atoms with Crippen LogP contribution in [-0.2, 0) is 4.74 Å². The normalized spacial score (nSPS) is 49.2. The third kappa shape index (κ3) is 1.02. The molecule has 3 fully saturated rings. The van der Waals surface area contributed by atoms with Crippen LogP contribution in [0.15, 0.2) is 12.7 Å². The number of rotatable bonds is 1. The van der Waals surface area contributed by atoms with Crippen LogP contribution >= 0.6 is 0 Å². The average Bonchev–Trinajstić information content (AvgIpc) is 2.07. The van der Waals surface area contributed by atoms with Crippen molar-refractivity contribution in [3.63, 3.8) is 0 Å². The van der Waals surface area contributed by atoms with Gasteiger partial charge in [-0.05, 0) is 31.1 Å². The van der Waals surface area contributed by atoms with Crippen molar-refractivity contribution in [1.29, 1.82) is 0 Å². The summed E-state index contributed by atoms with van der Waals surface area (Å²) in [5.41, 5.74) is 0.558. The second-order valence-corrected chi connectivity index (χ2v) is 4.37. The van der Waals surface area contributed by atoms with Crippen molar-refractivity contribution in [3.8, 4) is 0 Å². The Morgan fingerprint density at radius 1 is 1.27 bits per heavy atom. The lowest BCUT2D eigenvalue weighted by atomic mass is 9.67. The van der Waals surface area contributed by atoms with E-state index in [1.807, 2.05) is 6.08 Å². The molecule has 0 atom stereocenters. The minimum atomic E-state index is 0.0672. The van der Waals surface area contributed by atoms with Crippen molar-refractivity contribution in [2.45, 2.75) is 38.2 Å². The zero-order valence-corrected chi connectivity index (χ0v) is 7.23. The molecule has 11 heavy (non-hydrogen) atoms. The Kier molecular flexibility index (Phi) is 1.40. The van der Waals surface area contributed by atoms with Crippen LogP contribution in [0.1, 0.15) is 32.6 Å². The summed E-state index contributed by atoms with van der Waals surface area (Å²) in [7, 11) is 0. The minimum Gasteiger partial charge on any atom is -0.370 e. The lowest BCUT2D eigenvalue weighted by Crippen LogP contribution is -2.48. The van der Waals surface area contributed by atoms with Crippen molar-refractivity contribution in [1.82, 2.24) is 0 Å². The lowest BCUT2D eigenvalue weighted by molar-refractivity contribution is -0.151. The molecule has 0 aromatic rings. The van der Waals surface area contributed by atoms with E-state index in [9.17, 15) is 0 Å². The highest BCUT2D eigenvalue weighted by Gasteiger charge is 2.45. The molecule has 2 saturated heterocycles. The van der Waals surface area contributed by atoms with Crippen LogP contribution in [0.5, 0.6) is 0 Å². The van der Waals surface area contributed by atoms with Gasteiger partial charge >= 0.3 is 0 Å². The van der Waals surface area contributed by atoms with Gasteiger partial charge in [-0.15, -0.1) is 6.58 Å². The van der Waals surface area contributed by atoms with E-state index in [-0.39, 0.29) is 5.60 Å². The molecule has 2 heterocycles. The van der Waals surface area contributed by atoms with Crippen LogP contribution in [0.3, 0.4) is 0 Å². The highest BCUT2D eigenvalue weighted by atomic mass is 16.5. The highest BCUT2D eigenvalue weighted by molar-refractivity contribution is 5.06. The fourth-order valence-corrected chi connectivity index (χ4v) is 2.15.